The predicted molar refractivity (Wildman–Crippen MR) is 97.1 cm³/mol. The minimum Gasteiger partial charge on any atom is -0.378 e. The Labute approximate surface area is 150 Å². The van der Waals surface area contributed by atoms with Crippen LogP contribution < -0.4 is 15.8 Å². The molecule has 0 bridgehead atoms. The van der Waals surface area contributed by atoms with Crippen LogP contribution in [0.1, 0.15) is 20.8 Å². The maximum Gasteiger partial charge on any atom is 0.291 e. The lowest BCUT2D eigenvalue weighted by atomic mass is 10.2. The molecule has 2 amide bonds. The topological polar surface area (TPSA) is 92.2 Å². The molecule has 0 saturated carbocycles. The van der Waals surface area contributed by atoms with Crippen LogP contribution in [0.25, 0.3) is 5.69 Å². The first-order chi connectivity index (χ1) is 12.5. The second-order valence-electron chi connectivity index (χ2n) is 5.71. The molecule has 3 rings (SSSR count). The van der Waals surface area contributed by atoms with Crippen LogP contribution in [0.2, 0.25) is 0 Å². The Balaban J connectivity index is 1.63. The first-order valence-corrected chi connectivity index (χ1v) is 7.90. The fourth-order valence-electron chi connectivity index (χ4n) is 2.23. The zero-order valence-corrected chi connectivity index (χ0v) is 14.4. The Hall–Kier alpha value is -3.68. The van der Waals surface area contributed by atoms with Crippen molar-refractivity contribution in [1.29, 1.82) is 0 Å². The number of benzene rings is 2. The molecule has 0 aliphatic carbocycles. The van der Waals surface area contributed by atoms with E-state index in [1.165, 1.54) is 11.0 Å². The van der Waals surface area contributed by atoms with Gasteiger partial charge >= 0.3 is 0 Å². The van der Waals surface area contributed by atoms with Crippen LogP contribution in [0.4, 0.5) is 5.69 Å². The van der Waals surface area contributed by atoms with E-state index in [9.17, 15) is 9.59 Å². The Kier molecular flexibility index (Phi) is 4.93. The van der Waals surface area contributed by atoms with Gasteiger partial charge in [-0.3, -0.25) is 20.4 Å². The number of hydrogen-bond donors (Lipinski definition) is 2. The zero-order valence-electron chi connectivity index (χ0n) is 14.4. The van der Waals surface area contributed by atoms with Crippen LogP contribution in [0.5, 0.6) is 0 Å². The Bertz CT molecular complexity index is 920. The average Bonchev–Trinajstić information content (AvgIpc) is 3.17. The van der Waals surface area contributed by atoms with Gasteiger partial charge in [-0.05, 0) is 30.3 Å². The van der Waals surface area contributed by atoms with Crippen molar-refractivity contribution < 1.29 is 9.59 Å². The molecule has 8 heteroatoms. The Morgan fingerprint density at radius 2 is 1.69 bits per heavy atom. The van der Waals surface area contributed by atoms with Gasteiger partial charge in [0.25, 0.3) is 11.8 Å². The molecule has 0 aliphatic rings. The molecule has 2 N–H and O–H groups in total. The lowest BCUT2D eigenvalue weighted by molar-refractivity contribution is 0.0843. The largest absolute Gasteiger partial charge is 0.378 e. The molecule has 1 aromatic heterocycles. The summed E-state index contributed by atoms with van der Waals surface area (Å²) in [5, 5.41) is 8.15. The van der Waals surface area contributed by atoms with Crippen molar-refractivity contribution >= 4 is 17.5 Å². The summed E-state index contributed by atoms with van der Waals surface area (Å²) < 4.78 is 0. The van der Waals surface area contributed by atoms with Crippen LogP contribution in [0.15, 0.2) is 60.8 Å². The fourth-order valence-corrected chi connectivity index (χ4v) is 2.23. The molecule has 3 aromatic rings. The highest BCUT2D eigenvalue weighted by Crippen LogP contribution is 2.13. The number of amides is 2. The van der Waals surface area contributed by atoms with Crippen LogP contribution >= 0.6 is 0 Å². The van der Waals surface area contributed by atoms with Crippen molar-refractivity contribution in [3.63, 3.8) is 0 Å². The van der Waals surface area contributed by atoms with E-state index >= 15 is 0 Å². The van der Waals surface area contributed by atoms with Crippen molar-refractivity contribution in [3.05, 3.63) is 72.1 Å². The van der Waals surface area contributed by atoms with Crippen LogP contribution in [0, 0.1) is 0 Å². The molecule has 0 radical (unpaired) electrons. The monoisotopic (exact) mass is 350 g/mol. The minimum absolute atomic E-state index is 0.0937. The summed E-state index contributed by atoms with van der Waals surface area (Å²) >= 11 is 0. The second-order valence-corrected chi connectivity index (χ2v) is 5.71. The summed E-state index contributed by atoms with van der Waals surface area (Å²) in [6.07, 6.45) is 1.33. The summed E-state index contributed by atoms with van der Waals surface area (Å²) in [6, 6.07) is 16.3. The van der Waals surface area contributed by atoms with Gasteiger partial charge in [0.1, 0.15) is 0 Å². The summed E-state index contributed by atoms with van der Waals surface area (Å²) in [7, 11) is 3.77. The number of hydrogen-bond acceptors (Lipinski definition) is 5. The smallest absolute Gasteiger partial charge is 0.291 e. The predicted octanol–water partition coefficient (Wildman–Crippen LogP) is 1.41. The maximum absolute atomic E-state index is 12.2. The second kappa shape index (κ2) is 7.47. The SMILES string of the molecule is CN(C)c1cccc(C(=O)NNC(=O)c2cnn(-c3ccccc3)n2)c1. The number of hydrazine groups is 1. The van der Waals surface area contributed by atoms with Gasteiger partial charge in [-0.25, -0.2) is 0 Å². The molecule has 0 spiro atoms. The van der Waals surface area contributed by atoms with Gasteiger partial charge in [-0.15, -0.1) is 5.10 Å². The fraction of sp³-hybridized carbons (Fsp3) is 0.111. The highest BCUT2D eigenvalue weighted by atomic mass is 16.2. The summed E-state index contributed by atoms with van der Waals surface area (Å²) in [4.78, 5) is 27.6. The lowest BCUT2D eigenvalue weighted by Gasteiger charge is -2.13. The van der Waals surface area contributed by atoms with Crippen molar-refractivity contribution in [3.8, 4) is 5.69 Å². The normalized spacial score (nSPS) is 10.2. The molecule has 0 fully saturated rings. The number of rotatable bonds is 4. The molecule has 2 aromatic carbocycles. The van der Waals surface area contributed by atoms with E-state index in [-0.39, 0.29) is 5.69 Å². The average molecular weight is 350 g/mol. The van der Waals surface area contributed by atoms with E-state index in [1.54, 1.807) is 18.2 Å². The quantitative estimate of drug-likeness (QED) is 0.694. The van der Waals surface area contributed by atoms with Gasteiger partial charge in [-0.1, -0.05) is 24.3 Å². The summed E-state index contributed by atoms with van der Waals surface area (Å²) in [5.74, 6) is -0.971. The van der Waals surface area contributed by atoms with Gasteiger partial charge in [0.05, 0.1) is 11.9 Å². The summed E-state index contributed by atoms with van der Waals surface area (Å²) in [5.41, 5.74) is 6.87. The molecular weight excluding hydrogens is 332 g/mol. The number of nitrogens with zero attached hydrogens (tertiary/aromatic N) is 4. The first kappa shape index (κ1) is 17.2. The number of nitrogens with one attached hydrogen (secondary N) is 2. The third-order valence-corrected chi connectivity index (χ3v) is 3.63. The number of carbonyl (C=O) groups excluding carboxylic acids is 2. The van der Waals surface area contributed by atoms with Crippen molar-refractivity contribution in [2.45, 2.75) is 0 Å². The van der Waals surface area contributed by atoms with Gasteiger partial charge in [-0.2, -0.15) is 9.90 Å². The van der Waals surface area contributed by atoms with Gasteiger partial charge in [0.2, 0.25) is 0 Å². The van der Waals surface area contributed by atoms with Crippen LogP contribution in [0.3, 0.4) is 0 Å². The molecule has 0 atom stereocenters. The third-order valence-electron chi connectivity index (χ3n) is 3.63. The van der Waals surface area contributed by atoms with E-state index in [0.29, 0.717) is 5.56 Å². The van der Waals surface area contributed by atoms with Crippen LogP contribution in [-0.2, 0) is 0 Å². The molecule has 0 saturated heterocycles. The van der Waals surface area contributed by atoms with E-state index in [1.807, 2.05) is 55.4 Å². The maximum atomic E-state index is 12.2. The first-order valence-electron chi connectivity index (χ1n) is 7.90. The molecule has 0 aliphatic heterocycles. The number of para-hydroxylation sites is 1. The van der Waals surface area contributed by atoms with Gasteiger partial charge < -0.3 is 4.90 Å². The lowest BCUT2D eigenvalue weighted by Crippen LogP contribution is -2.41. The zero-order chi connectivity index (χ0) is 18.5. The van der Waals surface area contributed by atoms with E-state index < -0.39 is 11.8 Å². The van der Waals surface area contributed by atoms with Crippen molar-refractivity contribution in [1.82, 2.24) is 25.8 Å². The van der Waals surface area contributed by atoms with Gasteiger partial charge in [0, 0.05) is 25.3 Å². The molecule has 132 valence electrons. The molecular formula is C18H18N6O2. The number of anilines is 1. The van der Waals surface area contributed by atoms with E-state index in [2.05, 4.69) is 21.0 Å². The van der Waals surface area contributed by atoms with Crippen molar-refractivity contribution in [2.24, 2.45) is 0 Å². The summed E-state index contributed by atoms with van der Waals surface area (Å²) in [6.45, 7) is 0. The molecule has 26 heavy (non-hydrogen) atoms. The van der Waals surface area contributed by atoms with Crippen LogP contribution in [-0.4, -0.2) is 40.9 Å². The van der Waals surface area contributed by atoms with E-state index in [4.69, 9.17) is 0 Å². The Morgan fingerprint density at radius 1 is 0.962 bits per heavy atom. The molecule has 1 heterocycles. The van der Waals surface area contributed by atoms with E-state index in [0.717, 1.165) is 11.4 Å². The third kappa shape index (κ3) is 3.86. The number of carbonyl (C=O) groups is 2. The molecule has 8 nitrogen and oxygen atoms in total. The van der Waals surface area contributed by atoms with Crippen molar-refractivity contribution in [2.75, 3.05) is 19.0 Å². The molecule has 0 unspecified atom stereocenters. The number of aromatic nitrogens is 3. The van der Waals surface area contributed by atoms with Gasteiger partial charge in [0.15, 0.2) is 5.69 Å². The highest BCUT2D eigenvalue weighted by molar-refractivity contribution is 5.98. The highest BCUT2D eigenvalue weighted by Gasteiger charge is 2.13. The minimum atomic E-state index is -0.552. The Morgan fingerprint density at radius 3 is 2.42 bits per heavy atom. The standard InChI is InChI=1S/C18H18N6O2/c1-23(2)15-10-6-7-13(11-15)17(25)20-21-18(26)16-12-19-24(22-16)14-8-4-3-5-9-14/h3-12H,1-2H3,(H,20,25)(H,21,26).